The highest BCUT2D eigenvalue weighted by molar-refractivity contribution is 5.83. The number of carbonyl (C=O) groups is 2. The van der Waals surface area contributed by atoms with Crippen LogP contribution < -0.4 is 5.32 Å². The molecule has 0 spiro atoms. The van der Waals surface area contributed by atoms with Crippen LogP contribution in [-0.4, -0.2) is 49.6 Å². The van der Waals surface area contributed by atoms with Gasteiger partial charge in [-0.05, 0) is 0 Å². The number of amides is 1. The number of rotatable bonds is 1. The van der Waals surface area contributed by atoms with E-state index in [2.05, 4.69) is 10.1 Å². The number of esters is 1. The summed E-state index contributed by atoms with van der Waals surface area (Å²) >= 11 is 0. The Morgan fingerprint density at radius 2 is 2.23 bits per heavy atom. The summed E-state index contributed by atoms with van der Waals surface area (Å²) < 4.78 is 4.60. The molecule has 74 valence electrons. The van der Waals surface area contributed by atoms with Crippen LogP contribution in [-0.2, 0) is 14.3 Å². The van der Waals surface area contributed by atoms with Gasteiger partial charge in [-0.1, -0.05) is 0 Å². The lowest BCUT2D eigenvalue weighted by atomic mass is 10.2. The maximum absolute atomic E-state index is 11.2. The molecule has 1 amide bonds. The van der Waals surface area contributed by atoms with Gasteiger partial charge in [0.25, 0.3) is 0 Å². The van der Waals surface area contributed by atoms with Crippen LogP contribution >= 0.6 is 0 Å². The Labute approximate surface area is 77.0 Å². The summed E-state index contributed by atoms with van der Waals surface area (Å²) in [6.45, 7) is 3.23. The molecule has 0 aromatic carbocycles. The molecule has 1 rings (SSSR count). The van der Waals surface area contributed by atoms with Crippen LogP contribution in [0.2, 0.25) is 0 Å². The quantitative estimate of drug-likeness (QED) is 0.532. The lowest BCUT2D eigenvalue weighted by Crippen LogP contribution is -2.56. The Kier molecular flexibility index (Phi) is 3.25. The van der Waals surface area contributed by atoms with E-state index in [1.165, 1.54) is 18.9 Å². The molecule has 1 fully saturated rings. The van der Waals surface area contributed by atoms with Crippen molar-refractivity contribution in [1.29, 1.82) is 0 Å². The standard InChI is InChI=1S/C8H14N2O3/c1-6(11)10-4-3-9-5-7(10)8(12)13-2/h7,9H,3-5H2,1-2H3. The van der Waals surface area contributed by atoms with Crippen LogP contribution in [0.5, 0.6) is 0 Å². The summed E-state index contributed by atoms with van der Waals surface area (Å²) in [5, 5.41) is 3.04. The molecule has 0 aromatic heterocycles. The normalized spacial score (nSPS) is 22.6. The van der Waals surface area contributed by atoms with Crippen molar-refractivity contribution in [2.24, 2.45) is 0 Å². The molecular formula is C8H14N2O3. The van der Waals surface area contributed by atoms with Crippen LogP contribution in [0, 0.1) is 0 Å². The summed E-state index contributed by atoms with van der Waals surface area (Å²) in [5.41, 5.74) is 0. The van der Waals surface area contributed by atoms with Crippen molar-refractivity contribution in [3.05, 3.63) is 0 Å². The van der Waals surface area contributed by atoms with Crippen molar-refractivity contribution in [2.45, 2.75) is 13.0 Å². The molecule has 5 heteroatoms. The Morgan fingerprint density at radius 1 is 1.54 bits per heavy atom. The second-order valence-corrected chi connectivity index (χ2v) is 2.96. The molecule has 0 radical (unpaired) electrons. The van der Waals surface area contributed by atoms with E-state index in [4.69, 9.17) is 0 Å². The minimum absolute atomic E-state index is 0.0862. The molecule has 5 nitrogen and oxygen atoms in total. The smallest absolute Gasteiger partial charge is 0.329 e. The number of carbonyl (C=O) groups excluding carboxylic acids is 2. The number of nitrogens with zero attached hydrogens (tertiary/aromatic N) is 1. The SMILES string of the molecule is COC(=O)C1CNCCN1C(C)=O. The van der Waals surface area contributed by atoms with Crippen LogP contribution in [0.4, 0.5) is 0 Å². The van der Waals surface area contributed by atoms with Gasteiger partial charge in [0.15, 0.2) is 0 Å². The third-order valence-electron chi connectivity index (χ3n) is 2.12. The number of hydrogen-bond acceptors (Lipinski definition) is 4. The molecule has 1 atom stereocenters. The first-order chi connectivity index (χ1) is 6.16. The lowest BCUT2D eigenvalue weighted by molar-refractivity contribution is -0.153. The summed E-state index contributed by atoms with van der Waals surface area (Å²) in [7, 11) is 1.33. The van der Waals surface area contributed by atoms with E-state index in [0.29, 0.717) is 13.1 Å². The molecule has 0 bridgehead atoms. The third kappa shape index (κ3) is 2.18. The predicted octanol–water partition coefficient (Wildman–Crippen LogP) is -1.02. The van der Waals surface area contributed by atoms with E-state index in [1.54, 1.807) is 0 Å². The minimum atomic E-state index is -0.462. The van der Waals surface area contributed by atoms with Gasteiger partial charge in [-0.15, -0.1) is 0 Å². The van der Waals surface area contributed by atoms with Gasteiger partial charge in [0.05, 0.1) is 7.11 Å². The Hall–Kier alpha value is -1.10. The fourth-order valence-corrected chi connectivity index (χ4v) is 1.43. The molecule has 13 heavy (non-hydrogen) atoms. The third-order valence-corrected chi connectivity index (χ3v) is 2.12. The van der Waals surface area contributed by atoms with Crippen molar-refractivity contribution in [2.75, 3.05) is 26.7 Å². The molecule has 1 aliphatic heterocycles. The molecule has 1 saturated heterocycles. The maximum Gasteiger partial charge on any atom is 0.329 e. The maximum atomic E-state index is 11.2. The highest BCUT2D eigenvalue weighted by Gasteiger charge is 2.30. The number of piperazine rings is 1. The largest absolute Gasteiger partial charge is 0.467 e. The zero-order valence-electron chi connectivity index (χ0n) is 7.87. The van der Waals surface area contributed by atoms with Crippen molar-refractivity contribution in [1.82, 2.24) is 10.2 Å². The Morgan fingerprint density at radius 3 is 2.77 bits per heavy atom. The second-order valence-electron chi connectivity index (χ2n) is 2.96. The topological polar surface area (TPSA) is 58.6 Å². The average Bonchev–Trinajstić information content (AvgIpc) is 2.16. The molecule has 1 heterocycles. The van der Waals surface area contributed by atoms with Gasteiger partial charge in [-0.3, -0.25) is 4.79 Å². The Balaban J connectivity index is 2.67. The minimum Gasteiger partial charge on any atom is -0.467 e. The Bertz CT molecular complexity index is 217. The predicted molar refractivity (Wildman–Crippen MR) is 46.1 cm³/mol. The first-order valence-corrected chi connectivity index (χ1v) is 4.22. The van der Waals surface area contributed by atoms with Crippen LogP contribution in [0.25, 0.3) is 0 Å². The van der Waals surface area contributed by atoms with Gasteiger partial charge < -0.3 is 15.0 Å². The van der Waals surface area contributed by atoms with Crippen molar-refractivity contribution < 1.29 is 14.3 Å². The van der Waals surface area contributed by atoms with Crippen LogP contribution in [0.15, 0.2) is 0 Å². The van der Waals surface area contributed by atoms with E-state index in [0.717, 1.165) is 6.54 Å². The van der Waals surface area contributed by atoms with E-state index in [-0.39, 0.29) is 11.9 Å². The molecular weight excluding hydrogens is 172 g/mol. The van der Waals surface area contributed by atoms with Crippen molar-refractivity contribution >= 4 is 11.9 Å². The van der Waals surface area contributed by atoms with Crippen LogP contribution in [0.1, 0.15) is 6.92 Å². The number of hydrogen-bond donors (Lipinski definition) is 1. The zero-order chi connectivity index (χ0) is 9.84. The number of nitrogens with one attached hydrogen (secondary N) is 1. The van der Waals surface area contributed by atoms with E-state index in [1.807, 2.05) is 0 Å². The second kappa shape index (κ2) is 4.23. The summed E-state index contributed by atoms with van der Waals surface area (Å²) in [4.78, 5) is 23.9. The van der Waals surface area contributed by atoms with Gasteiger partial charge in [-0.25, -0.2) is 4.79 Å². The van der Waals surface area contributed by atoms with Crippen molar-refractivity contribution in [3.8, 4) is 0 Å². The van der Waals surface area contributed by atoms with Crippen molar-refractivity contribution in [3.63, 3.8) is 0 Å². The lowest BCUT2D eigenvalue weighted by Gasteiger charge is -2.33. The average molecular weight is 186 g/mol. The molecule has 1 N–H and O–H groups in total. The first kappa shape index (κ1) is 9.98. The van der Waals surface area contributed by atoms with Gasteiger partial charge in [0.2, 0.25) is 5.91 Å². The highest BCUT2D eigenvalue weighted by Crippen LogP contribution is 2.04. The van der Waals surface area contributed by atoms with Gasteiger partial charge >= 0.3 is 5.97 Å². The van der Waals surface area contributed by atoms with Gasteiger partial charge in [-0.2, -0.15) is 0 Å². The van der Waals surface area contributed by atoms with E-state index in [9.17, 15) is 9.59 Å². The summed E-state index contributed by atoms with van der Waals surface area (Å²) in [6, 6.07) is -0.462. The zero-order valence-corrected chi connectivity index (χ0v) is 7.87. The van der Waals surface area contributed by atoms with Crippen LogP contribution in [0.3, 0.4) is 0 Å². The van der Waals surface area contributed by atoms with Gasteiger partial charge in [0, 0.05) is 26.6 Å². The number of methoxy groups -OCH3 is 1. The summed E-state index contributed by atoms with van der Waals surface area (Å²) in [6.07, 6.45) is 0. The van der Waals surface area contributed by atoms with E-state index >= 15 is 0 Å². The molecule has 1 aliphatic rings. The molecule has 0 aliphatic carbocycles. The molecule has 0 saturated carbocycles. The highest BCUT2D eigenvalue weighted by atomic mass is 16.5. The molecule has 1 unspecified atom stereocenters. The van der Waals surface area contributed by atoms with E-state index < -0.39 is 6.04 Å². The first-order valence-electron chi connectivity index (χ1n) is 4.22. The molecule has 0 aromatic rings. The fraction of sp³-hybridized carbons (Fsp3) is 0.750. The van der Waals surface area contributed by atoms with Gasteiger partial charge in [0.1, 0.15) is 6.04 Å². The fourth-order valence-electron chi connectivity index (χ4n) is 1.43. The number of ether oxygens (including phenoxy) is 1. The summed E-state index contributed by atoms with van der Waals surface area (Å²) in [5.74, 6) is -0.445. The monoisotopic (exact) mass is 186 g/mol.